The second-order valence-electron chi connectivity index (χ2n) is 7.43. The Morgan fingerprint density at radius 3 is 2.88 bits per heavy atom. The standard InChI is InChI=1S/C19H26N4O2/c1-15-17(16(2)25-21-15)11-22-9-10-24-14-19(12-22)6-8-23(13-19)18-5-3-4-7-20-18/h3-5,7H,6,8-14H2,1-2H3/t19-/m0/s1. The number of nitrogens with zero attached hydrogens (tertiary/aromatic N) is 4. The zero-order valence-corrected chi connectivity index (χ0v) is 15.1. The summed E-state index contributed by atoms with van der Waals surface area (Å²) in [7, 11) is 0. The van der Waals surface area contributed by atoms with Crippen LogP contribution >= 0.6 is 0 Å². The number of rotatable bonds is 3. The SMILES string of the molecule is Cc1noc(C)c1CN1CCOC[C@@]2(CCN(c3ccccn3)C2)C1. The molecule has 2 fully saturated rings. The van der Waals surface area contributed by atoms with Gasteiger partial charge >= 0.3 is 0 Å². The van der Waals surface area contributed by atoms with Crippen molar-refractivity contribution in [3.8, 4) is 0 Å². The fourth-order valence-corrected chi connectivity index (χ4v) is 4.09. The zero-order chi connectivity index (χ0) is 17.3. The van der Waals surface area contributed by atoms with E-state index in [1.165, 1.54) is 5.56 Å². The van der Waals surface area contributed by atoms with Gasteiger partial charge < -0.3 is 14.2 Å². The van der Waals surface area contributed by atoms with Gasteiger partial charge in [0.15, 0.2) is 0 Å². The molecule has 0 aromatic carbocycles. The van der Waals surface area contributed by atoms with Gasteiger partial charge in [-0.25, -0.2) is 4.98 Å². The Hall–Kier alpha value is -1.92. The van der Waals surface area contributed by atoms with Gasteiger partial charge in [0.05, 0.1) is 18.9 Å². The molecule has 1 atom stereocenters. The minimum Gasteiger partial charge on any atom is -0.379 e. The van der Waals surface area contributed by atoms with Gasteiger partial charge in [-0.3, -0.25) is 4.90 Å². The predicted molar refractivity (Wildman–Crippen MR) is 95.6 cm³/mol. The first-order valence-electron chi connectivity index (χ1n) is 9.03. The topological polar surface area (TPSA) is 54.6 Å². The van der Waals surface area contributed by atoms with E-state index in [-0.39, 0.29) is 5.41 Å². The van der Waals surface area contributed by atoms with Crippen LogP contribution in [0.4, 0.5) is 5.82 Å². The molecular weight excluding hydrogens is 316 g/mol. The summed E-state index contributed by atoms with van der Waals surface area (Å²) in [6.45, 7) is 10.6. The highest BCUT2D eigenvalue weighted by atomic mass is 16.5. The Morgan fingerprint density at radius 2 is 2.12 bits per heavy atom. The second kappa shape index (κ2) is 6.77. The average Bonchev–Trinajstić information content (AvgIpc) is 3.10. The average molecular weight is 342 g/mol. The molecule has 4 rings (SSSR count). The van der Waals surface area contributed by atoms with E-state index in [0.717, 1.165) is 69.6 Å². The summed E-state index contributed by atoms with van der Waals surface area (Å²) in [5.41, 5.74) is 2.39. The summed E-state index contributed by atoms with van der Waals surface area (Å²) in [6.07, 6.45) is 3.01. The summed E-state index contributed by atoms with van der Waals surface area (Å²) in [4.78, 5) is 9.41. The van der Waals surface area contributed by atoms with Crippen molar-refractivity contribution in [2.45, 2.75) is 26.8 Å². The maximum Gasteiger partial charge on any atom is 0.138 e. The van der Waals surface area contributed by atoms with Crippen LogP contribution in [-0.4, -0.2) is 54.4 Å². The number of hydrogen-bond acceptors (Lipinski definition) is 6. The van der Waals surface area contributed by atoms with Gasteiger partial charge in [0, 0.05) is 49.9 Å². The third-order valence-electron chi connectivity index (χ3n) is 5.49. The van der Waals surface area contributed by atoms with Crippen molar-refractivity contribution in [3.63, 3.8) is 0 Å². The first-order chi connectivity index (χ1) is 12.2. The van der Waals surface area contributed by atoms with Crippen LogP contribution in [-0.2, 0) is 11.3 Å². The number of anilines is 1. The second-order valence-corrected chi connectivity index (χ2v) is 7.43. The molecule has 2 aromatic heterocycles. The first kappa shape index (κ1) is 16.5. The van der Waals surface area contributed by atoms with Crippen molar-refractivity contribution in [1.82, 2.24) is 15.0 Å². The molecule has 2 aliphatic rings. The molecule has 2 aromatic rings. The Morgan fingerprint density at radius 1 is 1.20 bits per heavy atom. The lowest BCUT2D eigenvalue weighted by atomic mass is 9.87. The summed E-state index contributed by atoms with van der Waals surface area (Å²) < 4.78 is 11.3. The lowest BCUT2D eigenvalue weighted by molar-refractivity contribution is 0.0798. The van der Waals surface area contributed by atoms with Gasteiger partial charge in [0.1, 0.15) is 11.6 Å². The van der Waals surface area contributed by atoms with Gasteiger partial charge in [0.25, 0.3) is 0 Å². The van der Waals surface area contributed by atoms with Crippen LogP contribution < -0.4 is 4.90 Å². The summed E-state index contributed by atoms with van der Waals surface area (Å²) in [5, 5.41) is 4.10. The Kier molecular flexibility index (Phi) is 4.48. The molecule has 0 N–H and O–H groups in total. The molecule has 6 nitrogen and oxygen atoms in total. The number of pyridine rings is 1. The fourth-order valence-electron chi connectivity index (χ4n) is 4.09. The Labute approximate surface area is 148 Å². The molecule has 1 spiro atoms. The van der Waals surface area contributed by atoms with Crippen LogP contribution in [0, 0.1) is 19.3 Å². The summed E-state index contributed by atoms with van der Waals surface area (Å²) in [6, 6.07) is 6.12. The molecular formula is C19H26N4O2. The van der Waals surface area contributed by atoms with Crippen molar-refractivity contribution in [2.75, 3.05) is 44.3 Å². The molecule has 2 saturated heterocycles. The summed E-state index contributed by atoms with van der Waals surface area (Å²) in [5.74, 6) is 2.00. The predicted octanol–water partition coefficient (Wildman–Crippen LogP) is 2.42. The van der Waals surface area contributed by atoms with Gasteiger partial charge in [-0.2, -0.15) is 0 Å². The quantitative estimate of drug-likeness (QED) is 0.854. The molecule has 25 heavy (non-hydrogen) atoms. The van der Waals surface area contributed by atoms with Crippen LogP contribution in [0.1, 0.15) is 23.4 Å². The maximum absolute atomic E-state index is 6.00. The Bertz CT molecular complexity index is 698. The van der Waals surface area contributed by atoms with E-state index in [1.807, 2.05) is 26.1 Å². The van der Waals surface area contributed by atoms with Crippen molar-refractivity contribution >= 4 is 5.82 Å². The minimum atomic E-state index is 0.174. The van der Waals surface area contributed by atoms with E-state index in [4.69, 9.17) is 9.26 Å². The van der Waals surface area contributed by atoms with E-state index in [2.05, 4.69) is 32.1 Å². The lowest BCUT2D eigenvalue weighted by Crippen LogP contribution is -2.40. The molecule has 6 heteroatoms. The highest BCUT2D eigenvalue weighted by molar-refractivity contribution is 5.40. The first-order valence-corrected chi connectivity index (χ1v) is 9.03. The number of aryl methyl sites for hydroxylation is 2. The fraction of sp³-hybridized carbons (Fsp3) is 0.579. The molecule has 0 radical (unpaired) electrons. The molecule has 4 heterocycles. The third-order valence-corrected chi connectivity index (χ3v) is 5.49. The van der Waals surface area contributed by atoms with E-state index in [1.54, 1.807) is 0 Å². The van der Waals surface area contributed by atoms with Crippen LogP contribution in [0.3, 0.4) is 0 Å². The molecule has 0 saturated carbocycles. The molecule has 0 unspecified atom stereocenters. The van der Waals surface area contributed by atoms with E-state index in [0.29, 0.717) is 0 Å². The van der Waals surface area contributed by atoms with Gasteiger partial charge in [0.2, 0.25) is 0 Å². The monoisotopic (exact) mass is 342 g/mol. The Balaban J connectivity index is 1.49. The van der Waals surface area contributed by atoms with Gasteiger partial charge in [-0.1, -0.05) is 11.2 Å². The molecule has 0 aliphatic carbocycles. The van der Waals surface area contributed by atoms with E-state index >= 15 is 0 Å². The summed E-state index contributed by atoms with van der Waals surface area (Å²) >= 11 is 0. The zero-order valence-electron chi connectivity index (χ0n) is 15.1. The van der Waals surface area contributed by atoms with Gasteiger partial charge in [-0.15, -0.1) is 0 Å². The van der Waals surface area contributed by atoms with Crippen molar-refractivity contribution < 1.29 is 9.26 Å². The van der Waals surface area contributed by atoms with Crippen LogP contribution in [0.25, 0.3) is 0 Å². The molecule has 0 bridgehead atoms. The highest BCUT2D eigenvalue weighted by Crippen LogP contribution is 2.35. The smallest absolute Gasteiger partial charge is 0.138 e. The molecule has 2 aliphatic heterocycles. The van der Waals surface area contributed by atoms with Crippen molar-refractivity contribution in [2.24, 2.45) is 5.41 Å². The molecule has 0 amide bonds. The molecule has 134 valence electrons. The van der Waals surface area contributed by atoms with E-state index < -0.39 is 0 Å². The normalized spacial score (nSPS) is 24.8. The lowest BCUT2D eigenvalue weighted by Gasteiger charge is -2.32. The number of hydrogen-bond donors (Lipinski definition) is 0. The highest BCUT2D eigenvalue weighted by Gasteiger charge is 2.41. The van der Waals surface area contributed by atoms with Crippen molar-refractivity contribution in [1.29, 1.82) is 0 Å². The largest absolute Gasteiger partial charge is 0.379 e. The van der Waals surface area contributed by atoms with E-state index in [9.17, 15) is 0 Å². The minimum absolute atomic E-state index is 0.174. The van der Waals surface area contributed by atoms with Crippen molar-refractivity contribution in [3.05, 3.63) is 41.4 Å². The maximum atomic E-state index is 6.00. The van der Waals surface area contributed by atoms with Crippen LogP contribution in [0.2, 0.25) is 0 Å². The number of ether oxygens (including phenoxy) is 1. The third kappa shape index (κ3) is 3.41. The van der Waals surface area contributed by atoms with Crippen LogP contribution in [0.15, 0.2) is 28.9 Å². The van der Waals surface area contributed by atoms with Gasteiger partial charge in [-0.05, 0) is 32.4 Å². The number of aromatic nitrogens is 2. The van der Waals surface area contributed by atoms with Crippen LogP contribution in [0.5, 0.6) is 0 Å².